The molecule has 1 aromatic heterocycles. The molecule has 0 aliphatic carbocycles. The predicted molar refractivity (Wildman–Crippen MR) is 69.1 cm³/mol. The van der Waals surface area contributed by atoms with Gasteiger partial charge in [0.15, 0.2) is 5.13 Å². The molecule has 2 N–H and O–H groups in total. The minimum Gasteiger partial charge on any atom is -0.375 e. The zero-order chi connectivity index (χ0) is 12.6. The summed E-state index contributed by atoms with van der Waals surface area (Å²) in [6.07, 6.45) is 0. The lowest BCUT2D eigenvalue weighted by molar-refractivity contribution is 0.0776. The van der Waals surface area contributed by atoms with Crippen LogP contribution in [0.15, 0.2) is 5.38 Å². The third-order valence-corrected chi connectivity index (χ3v) is 3.94. The molecular weight excluding hydrogens is 236 g/mol. The maximum Gasteiger partial charge on any atom is 0.273 e. The van der Waals surface area contributed by atoms with E-state index in [0.717, 1.165) is 13.1 Å². The summed E-state index contributed by atoms with van der Waals surface area (Å²) in [6.45, 7) is 3.73. The first-order chi connectivity index (χ1) is 7.99. The molecule has 17 heavy (non-hydrogen) atoms. The molecule has 5 nitrogen and oxygen atoms in total. The molecular formula is C11H18N4OS. The first-order valence-electron chi connectivity index (χ1n) is 5.65. The highest BCUT2D eigenvalue weighted by Crippen LogP contribution is 2.22. The van der Waals surface area contributed by atoms with Gasteiger partial charge in [-0.3, -0.25) is 4.79 Å². The van der Waals surface area contributed by atoms with Crippen molar-refractivity contribution in [1.82, 2.24) is 14.8 Å². The van der Waals surface area contributed by atoms with Crippen LogP contribution in [0.25, 0.3) is 0 Å². The van der Waals surface area contributed by atoms with Gasteiger partial charge in [-0.05, 0) is 20.0 Å². The number of hydrogen-bond donors (Lipinski definition) is 1. The topological polar surface area (TPSA) is 62.5 Å². The number of likely N-dealkylation sites (tertiary alicyclic amines) is 1. The molecule has 0 aromatic carbocycles. The number of nitrogens with zero attached hydrogens (tertiary/aromatic N) is 3. The Kier molecular flexibility index (Phi) is 3.35. The molecule has 1 aromatic rings. The minimum atomic E-state index is -0.00542. The van der Waals surface area contributed by atoms with E-state index in [4.69, 9.17) is 5.73 Å². The van der Waals surface area contributed by atoms with Crippen molar-refractivity contribution in [3.63, 3.8) is 0 Å². The average Bonchev–Trinajstić information content (AvgIpc) is 2.83. The molecule has 2 unspecified atom stereocenters. The van der Waals surface area contributed by atoms with Crippen molar-refractivity contribution in [2.75, 3.05) is 32.9 Å². The molecule has 2 heterocycles. The maximum absolute atomic E-state index is 12.2. The van der Waals surface area contributed by atoms with E-state index < -0.39 is 0 Å². The van der Waals surface area contributed by atoms with Gasteiger partial charge in [0.1, 0.15) is 5.69 Å². The fourth-order valence-corrected chi connectivity index (χ4v) is 2.87. The van der Waals surface area contributed by atoms with Crippen molar-refractivity contribution in [2.24, 2.45) is 5.92 Å². The zero-order valence-electron chi connectivity index (χ0n) is 10.4. The SMILES string of the molecule is CC1CN(C(=O)c2csc(N)n2)CC1N(C)C. The molecule has 1 fully saturated rings. The van der Waals surface area contributed by atoms with Gasteiger partial charge in [0.05, 0.1) is 0 Å². The van der Waals surface area contributed by atoms with E-state index in [0.29, 0.717) is 22.8 Å². The summed E-state index contributed by atoms with van der Waals surface area (Å²) < 4.78 is 0. The average molecular weight is 254 g/mol. The lowest BCUT2D eigenvalue weighted by Crippen LogP contribution is -2.35. The highest BCUT2D eigenvalue weighted by atomic mass is 32.1. The Labute approximate surface area is 105 Å². The van der Waals surface area contributed by atoms with E-state index in [1.165, 1.54) is 11.3 Å². The van der Waals surface area contributed by atoms with Crippen LogP contribution in [-0.2, 0) is 0 Å². The second-order valence-corrected chi connectivity index (χ2v) is 5.68. The van der Waals surface area contributed by atoms with Crippen LogP contribution < -0.4 is 5.73 Å². The number of aromatic nitrogens is 1. The number of nitrogen functional groups attached to an aromatic ring is 1. The smallest absolute Gasteiger partial charge is 0.273 e. The number of rotatable bonds is 2. The summed E-state index contributed by atoms with van der Waals surface area (Å²) in [7, 11) is 4.10. The summed E-state index contributed by atoms with van der Waals surface area (Å²) >= 11 is 1.31. The van der Waals surface area contributed by atoms with Crippen molar-refractivity contribution in [3.8, 4) is 0 Å². The summed E-state index contributed by atoms with van der Waals surface area (Å²) in [5.41, 5.74) is 6.02. The van der Waals surface area contributed by atoms with E-state index in [2.05, 4.69) is 30.9 Å². The monoisotopic (exact) mass is 254 g/mol. The van der Waals surface area contributed by atoms with Gasteiger partial charge in [0.2, 0.25) is 0 Å². The van der Waals surface area contributed by atoms with Crippen LogP contribution in [0.2, 0.25) is 0 Å². The third kappa shape index (κ3) is 2.42. The molecule has 0 bridgehead atoms. The van der Waals surface area contributed by atoms with Crippen LogP contribution in [0, 0.1) is 5.92 Å². The Hall–Kier alpha value is -1.14. The molecule has 0 saturated carbocycles. The van der Waals surface area contributed by atoms with E-state index in [-0.39, 0.29) is 5.91 Å². The summed E-state index contributed by atoms with van der Waals surface area (Å²) in [5, 5.41) is 2.18. The van der Waals surface area contributed by atoms with E-state index >= 15 is 0 Å². The molecule has 2 atom stereocenters. The van der Waals surface area contributed by atoms with Gasteiger partial charge in [-0.15, -0.1) is 11.3 Å². The third-order valence-electron chi connectivity index (χ3n) is 3.26. The van der Waals surface area contributed by atoms with Crippen molar-refractivity contribution in [3.05, 3.63) is 11.1 Å². The van der Waals surface area contributed by atoms with Crippen molar-refractivity contribution >= 4 is 22.4 Å². The molecule has 2 rings (SSSR count). The van der Waals surface area contributed by atoms with Crippen LogP contribution in [0.5, 0.6) is 0 Å². The van der Waals surface area contributed by atoms with Crippen LogP contribution in [0.4, 0.5) is 5.13 Å². The summed E-state index contributed by atoms with van der Waals surface area (Å²) in [4.78, 5) is 20.3. The highest BCUT2D eigenvalue weighted by Gasteiger charge is 2.34. The number of thiazole rings is 1. The second kappa shape index (κ2) is 4.62. The first kappa shape index (κ1) is 12.3. The molecule has 0 spiro atoms. The molecule has 1 amide bonds. The van der Waals surface area contributed by atoms with Crippen LogP contribution >= 0.6 is 11.3 Å². The summed E-state index contributed by atoms with van der Waals surface area (Å²) in [5.74, 6) is 0.485. The maximum atomic E-state index is 12.2. The summed E-state index contributed by atoms with van der Waals surface area (Å²) in [6, 6.07) is 0.426. The number of nitrogens with two attached hydrogens (primary N) is 1. The Morgan fingerprint density at radius 2 is 2.29 bits per heavy atom. The number of carbonyl (C=O) groups excluding carboxylic acids is 1. The molecule has 94 valence electrons. The van der Waals surface area contributed by atoms with Gasteiger partial charge < -0.3 is 15.5 Å². The fraction of sp³-hybridized carbons (Fsp3) is 0.636. The number of hydrogen-bond acceptors (Lipinski definition) is 5. The van der Waals surface area contributed by atoms with Crippen LogP contribution in [0.1, 0.15) is 17.4 Å². The highest BCUT2D eigenvalue weighted by molar-refractivity contribution is 7.13. The number of anilines is 1. The number of amides is 1. The molecule has 0 radical (unpaired) electrons. The minimum absolute atomic E-state index is 0.00542. The molecule has 1 saturated heterocycles. The lowest BCUT2D eigenvalue weighted by Gasteiger charge is -2.22. The van der Waals surface area contributed by atoms with Crippen molar-refractivity contribution in [1.29, 1.82) is 0 Å². The Morgan fingerprint density at radius 3 is 2.76 bits per heavy atom. The first-order valence-corrected chi connectivity index (χ1v) is 6.53. The van der Waals surface area contributed by atoms with Crippen molar-refractivity contribution in [2.45, 2.75) is 13.0 Å². The largest absolute Gasteiger partial charge is 0.375 e. The van der Waals surface area contributed by atoms with Gasteiger partial charge in [-0.2, -0.15) is 0 Å². The zero-order valence-corrected chi connectivity index (χ0v) is 11.2. The predicted octanol–water partition coefficient (Wildman–Crippen LogP) is 0.747. The normalized spacial score (nSPS) is 24.6. The van der Waals surface area contributed by atoms with E-state index in [9.17, 15) is 4.79 Å². The Balaban J connectivity index is 2.08. The van der Waals surface area contributed by atoms with Gasteiger partial charge in [-0.1, -0.05) is 6.92 Å². The molecule has 1 aliphatic heterocycles. The number of likely N-dealkylation sites (N-methyl/N-ethyl adjacent to an activating group) is 1. The molecule has 6 heteroatoms. The van der Waals surface area contributed by atoms with Crippen molar-refractivity contribution < 1.29 is 4.79 Å². The van der Waals surface area contributed by atoms with Gasteiger partial charge in [0, 0.05) is 24.5 Å². The van der Waals surface area contributed by atoms with Crippen LogP contribution in [0.3, 0.4) is 0 Å². The second-order valence-electron chi connectivity index (χ2n) is 4.79. The Bertz CT molecular complexity index is 417. The lowest BCUT2D eigenvalue weighted by atomic mass is 10.1. The quantitative estimate of drug-likeness (QED) is 0.846. The van der Waals surface area contributed by atoms with E-state index in [1.807, 2.05) is 4.90 Å². The van der Waals surface area contributed by atoms with Crippen LogP contribution in [-0.4, -0.2) is 53.9 Å². The fourth-order valence-electron chi connectivity index (χ4n) is 2.34. The number of carbonyl (C=O) groups is 1. The van der Waals surface area contributed by atoms with E-state index in [1.54, 1.807) is 5.38 Å². The van der Waals surface area contributed by atoms with Gasteiger partial charge in [-0.25, -0.2) is 4.98 Å². The van der Waals surface area contributed by atoms with Gasteiger partial charge >= 0.3 is 0 Å². The Morgan fingerprint density at radius 1 is 1.59 bits per heavy atom. The van der Waals surface area contributed by atoms with Gasteiger partial charge in [0.25, 0.3) is 5.91 Å². The molecule has 1 aliphatic rings. The standard InChI is InChI=1S/C11H18N4OS/c1-7-4-15(5-9(7)14(2)3)10(16)8-6-17-11(12)13-8/h6-7,9H,4-5H2,1-3H3,(H2,12,13).